The van der Waals surface area contributed by atoms with E-state index < -0.39 is 17.2 Å². The number of fused-ring (bicyclic) bond motifs is 1. The van der Waals surface area contributed by atoms with Crippen LogP contribution in [0.1, 0.15) is 11.1 Å². The fraction of sp³-hybridized carbons (Fsp3) is 0.136. The molecule has 0 atom stereocenters. The molecule has 2 aromatic heterocycles. The van der Waals surface area contributed by atoms with Crippen molar-refractivity contribution >= 4 is 50.7 Å². The lowest BCUT2D eigenvalue weighted by Gasteiger charge is -2.13. The fourth-order valence-corrected chi connectivity index (χ4v) is 4.54. The van der Waals surface area contributed by atoms with Crippen LogP contribution in [0.15, 0.2) is 69.6 Å². The largest absolute Gasteiger partial charge is 0.350 e. The van der Waals surface area contributed by atoms with Gasteiger partial charge < -0.3 is 5.32 Å². The summed E-state index contributed by atoms with van der Waals surface area (Å²) in [4.78, 5) is 38.5. The number of carbonyl (C=O) groups is 1. The molecule has 158 valence electrons. The van der Waals surface area contributed by atoms with Crippen molar-refractivity contribution in [3.8, 4) is 0 Å². The van der Waals surface area contributed by atoms with Crippen molar-refractivity contribution in [2.24, 2.45) is 0 Å². The van der Waals surface area contributed by atoms with Gasteiger partial charge in [-0.2, -0.15) is 0 Å². The molecule has 0 aliphatic rings. The van der Waals surface area contributed by atoms with Crippen molar-refractivity contribution < 1.29 is 4.79 Å². The average molecular weight is 474 g/mol. The van der Waals surface area contributed by atoms with E-state index >= 15 is 0 Å². The summed E-state index contributed by atoms with van der Waals surface area (Å²) in [5.74, 6) is -0.454. The molecule has 0 aliphatic heterocycles. The second-order valence-corrected chi connectivity index (χ2v) is 8.65. The molecule has 0 unspecified atom stereocenters. The van der Waals surface area contributed by atoms with Crippen LogP contribution in [-0.2, 0) is 24.4 Å². The Morgan fingerprint density at radius 1 is 1.00 bits per heavy atom. The first kappa shape index (κ1) is 21.4. The Kier molecular flexibility index (Phi) is 6.27. The lowest BCUT2D eigenvalue weighted by molar-refractivity contribution is -0.121. The molecule has 2 aromatic carbocycles. The van der Waals surface area contributed by atoms with Crippen molar-refractivity contribution in [3.63, 3.8) is 0 Å². The number of hydrogen-bond acceptors (Lipinski definition) is 4. The first-order chi connectivity index (χ1) is 14.9. The number of nitrogens with one attached hydrogen (secondary N) is 1. The molecular formula is C22H17Cl2N3O3S. The number of carbonyl (C=O) groups excluding carboxylic acids is 1. The second-order valence-electron chi connectivity index (χ2n) is 6.89. The Morgan fingerprint density at radius 3 is 2.58 bits per heavy atom. The molecular weight excluding hydrogens is 457 g/mol. The van der Waals surface area contributed by atoms with E-state index in [9.17, 15) is 14.4 Å². The SMILES string of the molecule is O=C(Cn1c(=O)c2sccc2n(Cc2cccc(Cl)c2)c1=O)NCc1ccccc1Cl. The lowest BCUT2D eigenvalue weighted by atomic mass is 10.2. The highest BCUT2D eigenvalue weighted by atomic mass is 35.5. The Morgan fingerprint density at radius 2 is 1.81 bits per heavy atom. The standard InChI is InChI=1S/C22H17Cl2N3O3S/c23-16-6-3-4-14(10-16)12-26-18-8-9-31-20(18)21(29)27(22(26)30)13-19(28)25-11-15-5-1-2-7-17(15)24/h1-10H,11-13H2,(H,25,28). The summed E-state index contributed by atoms with van der Waals surface area (Å²) in [6, 6.07) is 16.0. The average Bonchev–Trinajstić information content (AvgIpc) is 3.24. The first-order valence-electron chi connectivity index (χ1n) is 9.39. The van der Waals surface area contributed by atoms with Crippen LogP contribution in [-0.4, -0.2) is 15.0 Å². The van der Waals surface area contributed by atoms with E-state index in [0.717, 1.165) is 15.7 Å². The van der Waals surface area contributed by atoms with Gasteiger partial charge in [-0.15, -0.1) is 11.3 Å². The molecule has 9 heteroatoms. The number of thiophene rings is 1. The van der Waals surface area contributed by atoms with Crippen LogP contribution >= 0.6 is 34.5 Å². The molecule has 1 amide bonds. The minimum Gasteiger partial charge on any atom is -0.350 e. The van der Waals surface area contributed by atoms with E-state index in [1.54, 1.807) is 47.8 Å². The van der Waals surface area contributed by atoms with Gasteiger partial charge in [-0.05, 0) is 40.8 Å². The number of hydrogen-bond donors (Lipinski definition) is 1. The fourth-order valence-electron chi connectivity index (χ4n) is 3.28. The highest BCUT2D eigenvalue weighted by Crippen LogP contribution is 2.18. The zero-order valence-corrected chi connectivity index (χ0v) is 18.5. The third-order valence-corrected chi connectivity index (χ3v) is 6.30. The lowest BCUT2D eigenvalue weighted by Crippen LogP contribution is -2.43. The van der Waals surface area contributed by atoms with Gasteiger partial charge in [0, 0.05) is 16.6 Å². The highest BCUT2D eigenvalue weighted by molar-refractivity contribution is 7.17. The normalized spacial score (nSPS) is 11.0. The van der Waals surface area contributed by atoms with Crippen LogP contribution in [0.4, 0.5) is 0 Å². The van der Waals surface area contributed by atoms with Gasteiger partial charge in [0.05, 0.1) is 12.1 Å². The van der Waals surface area contributed by atoms with E-state index in [1.807, 2.05) is 12.1 Å². The molecule has 0 saturated carbocycles. The van der Waals surface area contributed by atoms with Gasteiger partial charge in [0.15, 0.2) is 0 Å². The van der Waals surface area contributed by atoms with E-state index in [1.165, 1.54) is 15.9 Å². The van der Waals surface area contributed by atoms with Gasteiger partial charge in [-0.1, -0.05) is 53.5 Å². The van der Waals surface area contributed by atoms with E-state index in [-0.39, 0.29) is 19.6 Å². The number of benzene rings is 2. The summed E-state index contributed by atoms with van der Waals surface area (Å²) in [6.07, 6.45) is 0. The Bertz CT molecular complexity index is 1390. The monoisotopic (exact) mass is 473 g/mol. The van der Waals surface area contributed by atoms with Crippen LogP contribution in [0.3, 0.4) is 0 Å². The molecule has 31 heavy (non-hydrogen) atoms. The van der Waals surface area contributed by atoms with Crippen LogP contribution in [0.25, 0.3) is 10.2 Å². The molecule has 0 radical (unpaired) electrons. The summed E-state index contributed by atoms with van der Waals surface area (Å²) in [6.45, 7) is 0.0465. The number of rotatable bonds is 6. The maximum atomic E-state index is 13.2. The van der Waals surface area contributed by atoms with E-state index in [4.69, 9.17) is 23.2 Å². The van der Waals surface area contributed by atoms with Gasteiger partial charge in [-0.25, -0.2) is 9.36 Å². The molecule has 0 aliphatic carbocycles. The smallest absolute Gasteiger partial charge is 0.332 e. The van der Waals surface area contributed by atoms with Gasteiger partial charge in [0.25, 0.3) is 5.56 Å². The zero-order chi connectivity index (χ0) is 22.0. The predicted molar refractivity (Wildman–Crippen MR) is 124 cm³/mol. The maximum absolute atomic E-state index is 13.2. The predicted octanol–water partition coefficient (Wildman–Crippen LogP) is 3.90. The van der Waals surface area contributed by atoms with E-state index in [0.29, 0.717) is 20.3 Å². The van der Waals surface area contributed by atoms with Crippen molar-refractivity contribution in [1.82, 2.24) is 14.5 Å². The summed E-state index contributed by atoms with van der Waals surface area (Å²) >= 11 is 13.4. The van der Waals surface area contributed by atoms with Gasteiger partial charge in [-0.3, -0.25) is 14.2 Å². The molecule has 4 aromatic rings. The van der Waals surface area contributed by atoms with Crippen LogP contribution in [0.5, 0.6) is 0 Å². The third-order valence-electron chi connectivity index (χ3n) is 4.80. The molecule has 4 rings (SSSR count). The Balaban J connectivity index is 1.64. The Hall–Kier alpha value is -2.87. The van der Waals surface area contributed by atoms with Gasteiger partial charge >= 0.3 is 5.69 Å². The number of nitrogens with zero attached hydrogens (tertiary/aromatic N) is 2. The molecule has 0 fully saturated rings. The molecule has 1 N–H and O–H groups in total. The molecule has 6 nitrogen and oxygen atoms in total. The minimum absolute atomic E-state index is 0.200. The van der Waals surface area contributed by atoms with Gasteiger partial charge in [0.2, 0.25) is 5.91 Å². The summed E-state index contributed by atoms with van der Waals surface area (Å²) in [5.41, 5.74) is 1.06. The molecule has 0 bridgehead atoms. The number of halogens is 2. The first-order valence-corrected chi connectivity index (χ1v) is 11.0. The topological polar surface area (TPSA) is 73.1 Å². The molecule has 0 spiro atoms. The van der Waals surface area contributed by atoms with Crippen molar-refractivity contribution in [2.45, 2.75) is 19.6 Å². The highest BCUT2D eigenvalue weighted by Gasteiger charge is 2.17. The quantitative estimate of drug-likeness (QED) is 0.461. The van der Waals surface area contributed by atoms with Crippen LogP contribution in [0, 0.1) is 0 Å². The minimum atomic E-state index is -0.552. The van der Waals surface area contributed by atoms with Crippen LogP contribution in [0.2, 0.25) is 10.0 Å². The molecule has 2 heterocycles. The summed E-state index contributed by atoms with van der Waals surface area (Å²) < 4.78 is 2.87. The number of aromatic nitrogens is 2. The van der Waals surface area contributed by atoms with E-state index in [2.05, 4.69) is 5.32 Å². The van der Waals surface area contributed by atoms with Crippen molar-refractivity contribution in [3.05, 3.63) is 102 Å². The third kappa shape index (κ3) is 4.58. The van der Waals surface area contributed by atoms with Crippen LogP contribution < -0.4 is 16.6 Å². The zero-order valence-electron chi connectivity index (χ0n) is 16.2. The second kappa shape index (κ2) is 9.09. The molecule has 0 saturated heterocycles. The maximum Gasteiger partial charge on any atom is 0.332 e. The van der Waals surface area contributed by atoms with Crippen molar-refractivity contribution in [2.75, 3.05) is 0 Å². The Labute approximate surface area is 191 Å². The summed E-state index contributed by atoms with van der Waals surface area (Å²) in [7, 11) is 0. The van der Waals surface area contributed by atoms with Gasteiger partial charge in [0.1, 0.15) is 11.2 Å². The summed E-state index contributed by atoms with van der Waals surface area (Å²) in [5, 5.41) is 5.55. The number of amides is 1. The van der Waals surface area contributed by atoms with Crippen molar-refractivity contribution in [1.29, 1.82) is 0 Å².